The van der Waals surface area contributed by atoms with E-state index >= 15 is 0 Å². The van der Waals surface area contributed by atoms with E-state index in [1.54, 1.807) is 32.2 Å². The molecule has 3 nitrogen and oxygen atoms in total. The van der Waals surface area contributed by atoms with Crippen molar-refractivity contribution in [2.45, 2.75) is 19.6 Å². The molecular weight excluding hydrogens is 305 g/mol. The van der Waals surface area contributed by atoms with Crippen molar-refractivity contribution in [1.29, 1.82) is 0 Å². The van der Waals surface area contributed by atoms with Crippen molar-refractivity contribution in [3.05, 3.63) is 28.8 Å². The summed E-state index contributed by atoms with van der Waals surface area (Å²) in [5.41, 5.74) is 1.17. The molecule has 0 spiro atoms. The average molecular weight is 325 g/mol. The number of para-hydroxylation sites is 1. The Hall–Kier alpha value is -0.980. The summed E-state index contributed by atoms with van der Waals surface area (Å²) >= 11 is 6.11. The van der Waals surface area contributed by atoms with Gasteiger partial charge in [-0.25, -0.2) is 0 Å². The third-order valence-corrected chi connectivity index (χ3v) is 3.24. The van der Waals surface area contributed by atoms with E-state index in [-0.39, 0.29) is 6.54 Å². The number of rotatable bonds is 8. The van der Waals surface area contributed by atoms with Crippen LogP contribution in [0.5, 0.6) is 0 Å². The van der Waals surface area contributed by atoms with E-state index in [0.29, 0.717) is 30.4 Å². The van der Waals surface area contributed by atoms with Crippen LogP contribution in [0.3, 0.4) is 0 Å². The van der Waals surface area contributed by atoms with Crippen molar-refractivity contribution in [1.82, 2.24) is 5.32 Å². The number of benzene rings is 1. The van der Waals surface area contributed by atoms with Crippen LogP contribution >= 0.6 is 11.6 Å². The monoisotopic (exact) mass is 324 g/mol. The highest BCUT2D eigenvalue weighted by molar-refractivity contribution is 6.33. The minimum atomic E-state index is -4.27. The maximum absolute atomic E-state index is 12.7. The number of anilines is 1. The van der Waals surface area contributed by atoms with Crippen LogP contribution in [0.15, 0.2) is 18.2 Å². The first kappa shape index (κ1) is 18.1. The van der Waals surface area contributed by atoms with Gasteiger partial charge in [0, 0.05) is 26.7 Å². The van der Waals surface area contributed by atoms with Gasteiger partial charge < -0.3 is 15.0 Å². The molecule has 1 N–H and O–H groups in total. The molecule has 21 heavy (non-hydrogen) atoms. The number of methoxy groups -OCH3 is 1. The van der Waals surface area contributed by atoms with E-state index in [0.717, 1.165) is 5.56 Å². The number of nitrogens with one attached hydrogen (secondary N) is 1. The lowest BCUT2D eigenvalue weighted by Crippen LogP contribution is -2.35. The SMILES string of the molecule is CCN(CC(F)(F)F)c1c(Cl)cccc1CNCCOC. The maximum atomic E-state index is 12.7. The highest BCUT2D eigenvalue weighted by Gasteiger charge is 2.31. The predicted octanol–water partition coefficient (Wildman–Crippen LogP) is 3.46. The fourth-order valence-electron chi connectivity index (χ4n) is 2.02. The zero-order chi connectivity index (χ0) is 15.9. The first-order valence-electron chi connectivity index (χ1n) is 6.67. The summed E-state index contributed by atoms with van der Waals surface area (Å²) in [6.07, 6.45) is -4.27. The van der Waals surface area contributed by atoms with Gasteiger partial charge in [0.25, 0.3) is 0 Å². The van der Waals surface area contributed by atoms with Crippen molar-refractivity contribution < 1.29 is 17.9 Å². The summed E-state index contributed by atoms with van der Waals surface area (Å²) in [5.74, 6) is 0. The van der Waals surface area contributed by atoms with E-state index in [1.165, 1.54) is 4.90 Å². The largest absolute Gasteiger partial charge is 0.405 e. The van der Waals surface area contributed by atoms with Crippen molar-refractivity contribution in [3.63, 3.8) is 0 Å². The minimum Gasteiger partial charge on any atom is -0.383 e. The molecule has 0 heterocycles. The molecule has 0 fully saturated rings. The van der Waals surface area contributed by atoms with Crippen molar-refractivity contribution in [2.24, 2.45) is 0 Å². The molecule has 0 saturated carbocycles. The van der Waals surface area contributed by atoms with Gasteiger partial charge in [-0.2, -0.15) is 13.2 Å². The number of alkyl halides is 3. The van der Waals surface area contributed by atoms with Crippen LogP contribution in [-0.2, 0) is 11.3 Å². The molecule has 1 aromatic rings. The Balaban J connectivity index is 2.91. The summed E-state index contributed by atoms with van der Waals surface area (Å²) in [6, 6.07) is 5.12. The van der Waals surface area contributed by atoms with Crippen molar-refractivity contribution in [3.8, 4) is 0 Å². The lowest BCUT2D eigenvalue weighted by Gasteiger charge is -2.28. The Bertz CT molecular complexity index is 441. The Kier molecular flexibility index (Phi) is 7.28. The van der Waals surface area contributed by atoms with Crippen molar-refractivity contribution >= 4 is 17.3 Å². The molecule has 0 saturated heterocycles. The molecule has 0 atom stereocenters. The maximum Gasteiger partial charge on any atom is 0.405 e. The zero-order valence-electron chi connectivity index (χ0n) is 12.1. The summed E-state index contributed by atoms with van der Waals surface area (Å²) < 4.78 is 43.0. The van der Waals surface area contributed by atoms with Gasteiger partial charge in [-0.3, -0.25) is 0 Å². The van der Waals surface area contributed by atoms with Gasteiger partial charge in [0.05, 0.1) is 17.3 Å². The van der Waals surface area contributed by atoms with Gasteiger partial charge in [0.1, 0.15) is 6.54 Å². The first-order valence-corrected chi connectivity index (χ1v) is 7.05. The van der Waals surface area contributed by atoms with Gasteiger partial charge >= 0.3 is 6.18 Å². The Morgan fingerprint density at radius 3 is 2.62 bits per heavy atom. The first-order chi connectivity index (χ1) is 9.89. The van der Waals surface area contributed by atoms with Gasteiger partial charge in [0.15, 0.2) is 0 Å². The second-order valence-corrected chi connectivity index (χ2v) is 4.95. The molecule has 0 unspecified atom stereocenters. The highest BCUT2D eigenvalue weighted by atomic mass is 35.5. The van der Waals surface area contributed by atoms with Crippen LogP contribution in [0.25, 0.3) is 0 Å². The van der Waals surface area contributed by atoms with E-state index in [4.69, 9.17) is 16.3 Å². The zero-order valence-corrected chi connectivity index (χ0v) is 12.9. The Labute approximate surface area is 128 Å². The summed E-state index contributed by atoms with van der Waals surface area (Å²) in [5, 5.41) is 3.45. The quantitative estimate of drug-likeness (QED) is 0.741. The van der Waals surface area contributed by atoms with Crippen LogP contribution in [0.4, 0.5) is 18.9 Å². The molecule has 0 bridgehead atoms. The van der Waals surface area contributed by atoms with E-state index in [1.807, 2.05) is 0 Å². The number of hydrogen-bond acceptors (Lipinski definition) is 3. The average Bonchev–Trinajstić information content (AvgIpc) is 2.40. The normalized spacial score (nSPS) is 11.7. The second-order valence-electron chi connectivity index (χ2n) is 4.55. The topological polar surface area (TPSA) is 24.5 Å². The molecule has 0 aliphatic heterocycles. The van der Waals surface area contributed by atoms with Crippen LogP contribution < -0.4 is 10.2 Å². The Morgan fingerprint density at radius 2 is 2.05 bits per heavy atom. The third kappa shape index (κ3) is 6.11. The third-order valence-electron chi connectivity index (χ3n) is 2.94. The molecule has 0 aliphatic rings. The molecule has 120 valence electrons. The molecule has 1 aromatic carbocycles. The standard InChI is InChI=1S/C14H20ClF3N2O/c1-3-20(10-14(16,17)18)13-11(5-4-6-12(13)15)9-19-7-8-21-2/h4-6,19H,3,7-10H2,1-2H3. The predicted molar refractivity (Wildman–Crippen MR) is 79.0 cm³/mol. The van der Waals surface area contributed by atoms with E-state index in [9.17, 15) is 13.2 Å². The fourth-order valence-corrected chi connectivity index (χ4v) is 2.33. The molecule has 0 aliphatic carbocycles. The van der Waals surface area contributed by atoms with E-state index < -0.39 is 12.7 Å². The molecule has 7 heteroatoms. The summed E-state index contributed by atoms with van der Waals surface area (Å²) in [6.45, 7) is 2.49. The van der Waals surface area contributed by atoms with Crippen molar-refractivity contribution in [2.75, 3.05) is 38.3 Å². The molecule has 0 radical (unpaired) electrons. The Morgan fingerprint density at radius 1 is 1.33 bits per heavy atom. The van der Waals surface area contributed by atoms with Gasteiger partial charge in [-0.1, -0.05) is 23.7 Å². The number of ether oxygens (including phenoxy) is 1. The number of halogens is 4. The smallest absolute Gasteiger partial charge is 0.383 e. The van der Waals surface area contributed by atoms with Crippen LogP contribution in [0, 0.1) is 0 Å². The van der Waals surface area contributed by atoms with Gasteiger partial charge in [0.2, 0.25) is 0 Å². The summed E-state index contributed by atoms with van der Waals surface area (Å²) in [4.78, 5) is 1.25. The van der Waals surface area contributed by atoms with Crippen LogP contribution in [-0.4, -0.2) is 39.5 Å². The lowest BCUT2D eigenvalue weighted by molar-refractivity contribution is -0.119. The summed E-state index contributed by atoms with van der Waals surface area (Å²) in [7, 11) is 1.59. The highest BCUT2D eigenvalue weighted by Crippen LogP contribution is 2.32. The van der Waals surface area contributed by atoms with Crippen LogP contribution in [0.1, 0.15) is 12.5 Å². The molecule has 0 aromatic heterocycles. The van der Waals surface area contributed by atoms with Gasteiger partial charge in [-0.15, -0.1) is 0 Å². The van der Waals surface area contributed by atoms with Crippen LogP contribution in [0.2, 0.25) is 5.02 Å². The number of hydrogen-bond donors (Lipinski definition) is 1. The second kappa shape index (κ2) is 8.46. The fraction of sp³-hybridized carbons (Fsp3) is 0.571. The molecule has 0 amide bonds. The van der Waals surface area contributed by atoms with Gasteiger partial charge in [-0.05, 0) is 18.6 Å². The minimum absolute atomic E-state index is 0.230. The lowest BCUT2D eigenvalue weighted by atomic mass is 10.1. The molecule has 1 rings (SSSR count). The van der Waals surface area contributed by atoms with E-state index in [2.05, 4.69) is 5.32 Å². The number of nitrogens with zero attached hydrogens (tertiary/aromatic N) is 1. The molecular formula is C14H20ClF3N2O.